The molecule has 0 saturated carbocycles. The maximum Gasteiger partial charge on any atom is 0.301 e. The number of nitro benzene ring substituents is 2. The number of non-ortho nitro benzene ring substituents is 1. The third-order valence-electron chi connectivity index (χ3n) is 3.53. The minimum atomic E-state index is -0.729. The molecule has 0 amide bonds. The van der Waals surface area contributed by atoms with Gasteiger partial charge in [0.05, 0.1) is 27.2 Å². The first kappa shape index (κ1) is 18.1. The first-order chi connectivity index (χ1) is 13.0. The number of halogens is 1. The van der Waals surface area contributed by atoms with E-state index >= 15 is 0 Å². The van der Waals surface area contributed by atoms with Gasteiger partial charge in [-0.25, -0.2) is 0 Å². The number of hydrogen-bond acceptors (Lipinski definition) is 7. The number of nitrogens with zero attached hydrogens (tertiary/aromatic N) is 3. The van der Waals surface area contributed by atoms with Gasteiger partial charge >= 0.3 is 5.69 Å². The molecule has 2 aromatic carbocycles. The Morgan fingerprint density at radius 2 is 1.81 bits per heavy atom. The van der Waals surface area contributed by atoms with E-state index in [1.165, 1.54) is 12.3 Å². The van der Waals surface area contributed by atoms with Gasteiger partial charge in [-0.2, -0.15) is 5.10 Å². The molecule has 0 bridgehead atoms. The standard InChI is InChI=1S/C17H11ClN4O5/c18-14-4-2-1-3-13(14)17-8-6-12(27-17)10-19-20-15-7-5-11(21(23)24)9-16(15)22(25)26/h1-10,20H. The molecule has 136 valence electrons. The van der Waals surface area contributed by atoms with Crippen molar-refractivity contribution in [1.82, 2.24) is 0 Å². The summed E-state index contributed by atoms with van der Waals surface area (Å²) in [4.78, 5) is 20.4. The van der Waals surface area contributed by atoms with Crippen molar-refractivity contribution < 1.29 is 14.3 Å². The first-order valence-electron chi connectivity index (χ1n) is 7.52. The zero-order chi connectivity index (χ0) is 19.4. The van der Waals surface area contributed by atoms with Crippen molar-refractivity contribution in [2.45, 2.75) is 0 Å². The van der Waals surface area contributed by atoms with Crippen LogP contribution in [0.2, 0.25) is 5.02 Å². The topological polar surface area (TPSA) is 124 Å². The van der Waals surface area contributed by atoms with Gasteiger partial charge in [0.2, 0.25) is 0 Å². The summed E-state index contributed by atoms with van der Waals surface area (Å²) in [5, 5.41) is 26.2. The minimum absolute atomic E-state index is 0.0136. The molecule has 3 aromatic rings. The normalized spacial score (nSPS) is 10.9. The van der Waals surface area contributed by atoms with Crippen molar-refractivity contribution in [1.29, 1.82) is 0 Å². The fourth-order valence-corrected chi connectivity index (χ4v) is 2.50. The predicted molar refractivity (Wildman–Crippen MR) is 100 cm³/mol. The molecule has 0 atom stereocenters. The largest absolute Gasteiger partial charge is 0.455 e. The minimum Gasteiger partial charge on any atom is -0.455 e. The van der Waals surface area contributed by atoms with Crippen molar-refractivity contribution in [3.8, 4) is 11.3 Å². The van der Waals surface area contributed by atoms with Gasteiger partial charge < -0.3 is 4.42 Å². The number of nitrogens with one attached hydrogen (secondary N) is 1. The summed E-state index contributed by atoms with van der Waals surface area (Å²) in [5.74, 6) is 0.936. The van der Waals surface area contributed by atoms with E-state index in [1.54, 1.807) is 30.3 Å². The van der Waals surface area contributed by atoms with E-state index < -0.39 is 15.5 Å². The molecule has 0 spiro atoms. The van der Waals surface area contributed by atoms with Gasteiger partial charge in [-0.15, -0.1) is 0 Å². The summed E-state index contributed by atoms with van der Waals surface area (Å²) < 4.78 is 5.62. The first-order valence-corrected chi connectivity index (χ1v) is 7.90. The number of anilines is 1. The van der Waals surface area contributed by atoms with Crippen molar-refractivity contribution in [2.75, 3.05) is 5.43 Å². The molecule has 1 N–H and O–H groups in total. The molecule has 0 aliphatic rings. The predicted octanol–water partition coefficient (Wildman–Crippen LogP) is 4.86. The van der Waals surface area contributed by atoms with Gasteiger partial charge in [0, 0.05) is 11.6 Å². The van der Waals surface area contributed by atoms with E-state index in [-0.39, 0.29) is 11.4 Å². The maximum atomic E-state index is 11.1. The number of benzene rings is 2. The average molecular weight is 387 g/mol. The van der Waals surface area contributed by atoms with E-state index in [9.17, 15) is 20.2 Å². The van der Waals surface area contributed by atoms with Gasteiger partial charge in [0.15, 0.2) is 0 Å². The fraction of sp³-hybridized carbons (Fsp3) is 0. The lowest BCUT2D eigenvalue weighted by Gasteiger charge is -2.01. The highest BCUT2D eigenvalue weighted by Crippen LogP contribution is 2.30. The number of hydrogen-bond donors (Lipinski definition) is 1. The van der Waals surface area contributed by atoms with Crippen molar-refractivity contribution in [3.63, 3.8) is 0 Å². The van der Waals surface area contributed by atoms with Crippen molar-refractivity contribution >= 4 is 34.9 Å². The molecule has 0 aliphatic carbocycles. The Labute approximate surface area is 157 Å². The van der Waals surface area contributed by atoms with Gasteiger partial charge in [0.1, 0.15) is 17.2 Å². The summed E-state index contributed by atoms with van der Waals surface area (Å²) in [5.41, 5.74) is 2.38. The van der Waals surface area contributed by atoms with Crippen molar-refractivity contribution in [2.24, 2.45) is 5.10 Å². The van der Waals surface area contributed by atoms with Gasteiger partial charge in [-0.3, -0.25) is 25.7 Å². The van der Waals surface area contributed by atoms with E-state index in [0.29, 0.717) is 16.5 Å². The van der Waals surface area contributed by atoms with Crippen LogP contribution < -0.4 is 5.43 Å². The Kier molecular flexibility index (Phi) is 5.13. The molecule has 0 fully saturated rings. The lowest BCUT2D eigenvalue weighted by atomic mass is 10.2. The molecular weight excluding hydrogens is 376 g/mol. The molecule has 9 nitrogen and oxygen atoms in total. The lowest BCUT2D eigenvalue weighted by molar-refractivity contribution is -0.393. The molecule has 27 heavy (non-hydrogen) atoms. The Morgan fingerprint density at radius 1 is 1.04 bits per heavy atom. The number of furan rings is 1. The van der Waals surface area contributed by atoms with Crippen molar-refractivity contribution in [3.05, 3.63) is 85.6 Å². The van der Waals surface area contributed by atoms with Crippen LogP contribution in [0.25, 0.3) is 11.3 Å². The highest BCUT2D eigenvalue weighted by Gasteiger charge is 2.19. The van der Waals surface area contributed by atoms with Crippen LogP contribution in [0.3, 0.4) is 0 Å². The number of rotatable bonds is 6. The lowest BCUT2D eigenvalue weighted by Crippen LogP contribution is -1.98. The summed E-state index contributed by atoms with van der Waals surface area (Å²) in [6.07, 6.45) is 1.32. The Balaban J connectivity index is 1.78. The highest BCUT2D eigenvalue weighted by molar-refractivity contribution is 6.33. The van der Waals surface area contributed by atoms with Gasteiger partial charge in [-0.05, 0) is 30.3 Å². The molecule has 10 heteroatoms. The monoisotopic (exact) mass is 386 g/mol. The Morgan fingerprint density at radius 3 is 2.52 bits per heavy atom. The van der Waals surface area contributed by atoms with Crippen LogP contribution in [0.15, 0.2) is 64.1 Å². The molecule has 3 rings (SSSR count). The highest BCUT2D eigenvalue weighted by atomic mass is 35.5. The van der Waals surface area contributed by atoms with Crippen LogP contribution in [-0.4, -0.2) is 16.1 Å². The van der Waals surface area contributed by atoms with Gasteiger partial charge in [-0.1, -0.05) is 23.7 Å². The molecule has 0 unspecified atom stereocenters. The third-order valence-corrected chi connectivity index (χ3v) is 3.86. The second-order valence-corrected chi connectivity index (χ2v) is 5.67. The van der Waals surface area contributed by atoms with Crippen LogP contribution in [0.5, 0.6) is 0 Å². The third kappa shape index (κ3) is 4.10. The molecule has 0 aliphatic heterocycles. The van der Waals surface area contributed by atoms with Crippen LogP contribution in [0, 0.1) is 20.2 Å². The van der Waals surface area contributed by atoms with Crippen LogP contribution in [0.1, 0.15) is 5.76 Å². The Bertz CT molecular complexity index is 1050. The van der Waals surface area contributed by atoms with Gasteiger partial charge in [0.25, 0.3) is 5.69 Å². The second-order valence-electron chi connectivity index (χ2n) is 5.27. The Hall–Kier alpha value is -3.72. The molecular formula is C17H11ClN4O5. The number of nitro groups is 2. The SMILES string of the molecule is O=[N+]([O-])c1ccc(NN=Cc2ccc(-c3ccccc3Cl)o2)c([N+](=O)[O-])c1. The molecule has 1 heterocycles. The zero-order valence-electron chi connectivity index (χ0n) is 13.5. The summed E-state index contributed by atoms with van der Waals surface area (Å²) in [6.45, 7) is 0. The quantitative estimate of drug-likeness (QED) is 0.366. The molecule has 0 saturated heterocycles. The van der Waals surface area contributed by atoms with Crippen LogP contribution in [-0.2, 0) is 0 Å². The van der Waals surface area contributed by atoms with E-state index in [4.69, 9.17) is 16.0 Å². The summed E-state index contributed by atoms with van der Waals surface area (Å²) >= 11 is 6.12. The maximum absolute atomic E-state index is 11.1. The second kappa shape index (κ2) is 7.67. The van der Waals surface area contributed by atoms with Crippen LogP contribution in [0.4, 0.5) is 17.1 Å². The summed E-state index contributed by atoms with van der Waals surface area (Å²) in [6, 6.07) is 13.8. The van der Waals surface area contributed by atoms with E-state index in [0.717, 1.165) is 17.7 Å². The molecule has 1 aromatic heterocycles. The smallest absolute Gasteiger partial charge is 0.301 e. The molecule has 0 radical (unpaired) electrons. The van der Waals surface area contributed by atoms with Crippen LogP contribution >= 0.6 is 11.6 Å². The number of hydrazone groups is 1. The summed E-state index contributed by atoms with van der Waals surface area (Å²) in [7, 11) is 0. The van der Waals surface area contributed by atoms with E-state index in [2.05, 4.69) is 10.5 Å². The van der Waals surface area contributed by atoms with E-state index in [1.807, 2.05) is 6.07 Å². The average Bonchev–Trinajstić information content (AvgIpc) is 3.10. The zero-order valence-corrected chi connectivity index (χ0v) is 14.3. The fourth-order valence-electron chi connectivity index (χ4n) is 2.27.